The van der Waals surface area contributed by atoms with Gasteiger partial charge in [-0.1, -0.05) is 36.9 Å². The zero-order valence-corrected chi connectivity index (χ0v) is 18.0. The number of likely N-dealkylation sites (tertiary alicyclic amines) is 1. The average Bonchev–Trinajstić information content (AvgIpc) is 3.45. The molecule has 0 atom stereocenters. The second-order valence-corrected chi connectivity index (χ2v) is 8.42. The average molecular weight is 409 g/mol. The van der Waals surface area contributed by atoms with E-state index in [2.05, 4.69) is 100 Å². The Hall–Kier alpha value is -3.37. The van der Waals surface area contributed by atoms with Crippen LogP contribution in [0, 0.1) is 0 Å². The maximum atomic E-state index is 4.60. The monoisotopic (exact) mass is 408 g/mol. The van der Waals surface area contributed by atoms with Crippen molar-refractivity contribution < 1.29 is 0 Å². The van der Waals surface area contributed by atoms with Gasteiger partial charge in [-0.25, -0.2) is 4.98 Å². The minimum atomic E-state index is 0.812. The van der Waals surface area contributed by atoms with Crippen LogP contribution in [0.5, 0.6) is 0 Å². The van der Waals surface area contributed by atoms with Crippen molar-refractivity contribution >= 4 is 22.3 Å². The van der Waals surface area contributed by atoms with Crippen LogP contribution in [0.3, 0.4) is 0 Å². The molecule has 3 heterocycles. The van der Waals surface area contributed by atoms with Gasteiger partial charge in [-0.2, -0.15) is 0 Å². The summed E-state index contributed by atoms with van der Waals surface area (Å²) in [6, 6.07) is 21.5. The van der Waals surface area contributed by atoms with Gasteiger partial charge in [-0.05, 0) is 78.3 Å². The largest absolute Gasteiger partial charge is 0.351 e. The number of pyridine rings is 1. The molecule has 1 N–H and O–H groups in total. The van der Waals surface area contributed by atoms with E-state index in [9.17, 15) is 0 Å². The van der Waals surface area contributed by atoms with E-state index in [-0.39, 0.29) is 0 Å². The molecule has 156 valence electrons. The smallest absolute Gasteiger partial charge is 0.130 e. The van der Waals surface area contributed by atoms with Crippen LogP contribution in [0.2, 0.25) is 0 Å². The highest BCUT2D eigenvalue weighted by molar-refractivity contribution is 5.89. The number of fused-ring (bicyclic) bond motifs is 1. The molecular formula is C27H28N4. The van der Waals surface area contributed by atoms with Crippen molar-refractivity contribution in [1.29, 1.82) is 0 Å². The minimum absolute atomic E-state index is 0.812. The lowest BCUT2D eigenvalue weighted by Gasteiger charge is -2.16. The van der Waals surface area contributed by atoms with E-state index in [4.69, 9.17) is 0 Å². The van der Waals surface area contributed by atoms with Crippen LogP contribution in [0.15, 0.2) is 79.6 Å². The molecule has 4 nitrogen and oxygen atoms in total. The van der Waals surface area contributed by atoms with E-state index in [0.29, 0.717) is 0 Å². The topological polar surface area (TPSA) is 33.1 Å². The lowest BCUT2D eigenvalue weighted by atomic mass is 10.1. The molecule has 1 aliphatic heterocycles. The summed E-state index contributed by atoms with van der Waals surface area (Å²) >= 11 is 0. The second-order valence-electron chi connectivity index (χ2n) is 8.42. The first-order chi connectivity index (χ1) is 15.2. The number of hydrogen-bond donors (Lipinski definition) is 1. The van der Waals surface area contributed by atoms with Crippen molar-refractivity contribution in [2.75, 3.05) is 18.4 Å². The Labute approximate surface area is 183 Å². The molecule has 0 unspecified atom stereocenters. The highest BCUT2D eigenvalue weighted by Crippen LogP contribution is 2.27. The molecule has 0 bridgehead atoms. The highest BCUT2D eigenvalue weighted by Gasteiger charge is 2.12. The maximum Gasteiger partial charge on any atom is 0.130 e. The number of benzene rings is 2. The molecule has 4 heteroatoms. The standard InChI is InChI=1S/C27H28N4/c1-20(22-8-5-7-21(15-22)19-31-13-3-4-14-31)29-27-17-25-16-23(10-11-24(25)18-28-27)26-9-6-12-30(26)2/h5-12,15-18H,1,3-4,13-14,19H2,2H3,(H,28,29). The van der Waals surface area contributed by atoms with E-state index >= 15 is 0 Å². The van der Waals surface area contributed by atoms with Gasteiger partial charge in [0, 0.05) is 42.8 Å². The van der Waals surface area contributed by atoms with Gasteiger partial charge in [0.2, 0.25) is 0 Å². The number of nitrogens with zero attached hydrogens (tertiary/aromatic N) is 3. The quantitative estimate of drug-likeness (QED) is 0.430. The van der Waals surface area contributed by atoms with Crippen molar-refractivity contribution in [3.05, 3.63) is 90.8 Å². The maximum absolute atomic E-state index is 4.60. The summed E-state index contributed by atoms with van der Waals surface area (Å²) < 4.78 is 2.14. The molecule has 0 aliphatic carbocycles. The van der Waals surface area contributed by atoms with Crippen LogP contribution in [-0.4, -0.2) is 27.5 Å². The Bertz CT molecular complexity index is 1230. The van der Waals surface area contributed by atoms with Crippen molar-refractivity contribution in [3.63, 3.8) is 0 Å². The van der Waals surface area contributed by atoms with Gasteiger partial charge < -0.3 is 9.88 Å². The summed E-state index contributed by atoms with van der Waals surface area (Å²) in [6.45, 7) is 7.69. The Morgan fingerprint density at radius 3 is 2.68 bits per heavy atom. The summed E-state index contributed by atoms with van der Waals surface area (Å²) in [5.74, 6) is 0.812. The van der Waals surface area contributed by atoms with Gasteiger partial charge in [0.1, 0.15) is 5.82 Å². The summed E-state index contributed by atoms with van der Waals surface area (Å²) in [5, 5.41) is 5.70. The first kappa shape index (κ1) is 19.6. The van der Waals surface area contributed by atoms with E-state index in [0.717, 1.165) is 34.4 Å². The molecule has 1 saturated heterocycles. The fraction of sp³-hybridized carbons (Fsp3) is 0.222. The van der Waals surface area contributed by atoms with Gasteiger partial charge in [0.05, 0.1) is 0 Å². The minimum Gasteiger partial charge on any atom is -0.351 e. The number of aromatic nitrogens is 2. The van der Waals surface area contributed by atoms with E-state index < -0.39 is 0 Å². The molecule has 2 aromatic carbocycles. The molecule has 2 aromatic heterocycles. The van der Waals surface area contributed by atoms with E-state index in [1.807, 2.05) is 6.20 Å². The van der Waals surface area contributed by atoms with Gasteiger partial charge >= 0.3 is 0 Å². The normalized spacial score (nSPS) is 14.2. The Morgan fingerprint density at radius 2 is 1.87 bits per heavy atom. The zero-order valence-electron chi connectivity index (χ0n) is 18.0. The number of aryl methyl sites for hydroxylation is 1. The van der Waals surface area contributed by atoms with Crippen LogP contribution in [0.25, 0.3) is 27.7 Å². The second kappa shape index (κ2) is 8.40. The number of rotatable bonds is 6. The third-order valence-electron chi connectivity index (χ3n) is 6.12. The molecule has 1 aliphatic rings. The predicted molar refractivity (Wildman–Crippen MR) is 130 cm³/mol. The lowest BCUT2D eigenvalue weighted by Crippen LogP contribution is -2.18. The molecule has 5 rings (SSSR count). The van der Waals surface area contributed by atoms with Crippen molar-refractivity contribution in [2.45, 2.75) is 19.4 Å². The summed E-state index contributed by atoms with van der Waals surface area (Å²) in [5.41, 5.74) is 5.71. The number of anilines is 1. The van der Waals surface area contributed by atoms with Gasteiger partial charge in [-0.15, -0.1) is 0 Å². The molecule has 4 aromatic rings. The van der Waals surface area contributed by atoms with Crippen LogP contribution in [0.4, 0.5) is 5.82 Å². The van der Waals surface area contributed by atoms with E-state index in [1.54, 1.807) is 0 Å². The summed E-state index contributed by atoms with van der Waals surface area (Å²) in [7, 11) is 2.07. The van der Waals surface area contributed by atoms with Crippen LogP contribution < -0.4 is 5.32 Å². The van der Waals surface area contributed by atoms with E-state index in [1.165, 1.54) is 42.8 Å². The Morgan fingerprint density at radius 1 is 1.00 bits per heavy atom. The van der Waals surface area contributed by atoms with Gasteiger partial charge in [-0.3, -0.25) is 4.90 Å². The summed E-state index contributed by atoms with van der Waals surface area (Å²) in [6.07, 6.45) is 6.62. The Balaban J connectivity index is 1.36. The highest BCUT2D eigenvalue weighted by atomic mass is 15.1. The predicted octanol–water partition coefficient (Wildman–Crippen LogP) is 5.92. The van der Waals surface area contributed by atoms with Crippen LogP contribution in [0.1, 0.15) is 24.0 Å². The number of hydrogen-bond acceptors (Lipinski definition) is 3. The molecule has 1 fully saturated rings. The third-order valence-corrected chi connectivity index (χ3v) is 6.12. The molecule has 0 radical (unpaired) electrons. The molecule has 0 amide bonds. The van der Waals surface area contributed by atoms with Crippen molar-refractivity contribution in [3.8, 4) is 11.3 Å². The van der Waals surface area contributed by atoms with Crippen molar-refractivity contribution in [1.82, 2.24) is 14.5 Å². The first-order valence-electron chi connectivity index (χ1n) is 10.9. The fourth-order valence-corrected chi connectivity index (χ4v) is 4.41. The fourth-order valence-electron chi connectivity index (χ4n) is 4.41. The van der Waals surface area contributed by atoms with Gasteiger partial charge in [0.25, 0.3) is 0 Å². The molecule has 0 saturated carbocycles. The Kier molecular flexibility index (Phi) is 5.31. The molecular weight excluding hydrogens is 380 g/mol. The first-order valence-corrected chi connectivity index (χ1v) is 10.9. The van der Waals surface area contributed by atoms with Crippen LogP contribution >= 0.6 is 0 Å². The zero-order chi connectivity index (χ0) is 21.2. The van der Waals surface area contributed by atoms with Gasteiger partial charge in [0.15, 0.2) is 0 Å². The SMILES string of the molecule is C=C(Nc1cc2cc(-c3cccn3C)ccc2cn1)c1cccc(CN2CCCC2)c1. The third kappa shape index (κ3) is 4.25. The number of nitrogens with one attached hydrogen (secondary N) is 1. The van der Waals surface area contributed by atoms with Crippen LogP contribution in [-0.2, 0) is 13.6 Å². The summed E-state index contributed by atoms with van der Waals surface area (Å²) in [4.78, 5) is 7.12. The van der Waals surface area contributed by atoms with Crippen molar-refractivity contribution in [2.24, 2.45) is 7.05 Å². The molecule has 31 heavy (non-hydrogen) atoms. The molecule has 0 spiro atoms. The lowest BCUT2D eigenvalue weighted by molar-refractivity contribution is 0.331.